The number of fused-ring (bicyclic) bond motifs is 1. The first kappa shape index (κ1) is 27.2. The summed E-state index contributed by atoms with van der Waals surface area (Å²) >= 11 is 6.23. The van der Waals surface area contributed by atoms with Crippen molar-refractivity contribution >= 4 is 34.2 Å². The number of hydrogen-bond acceptors (Lipinski definition) is 5. The first-order valence-electron chi connectivity index (χ1n) is 13.0. The number of hydrogen-bond donors (Lipinski definition) is 3. The molecule has 4 N–H and O–H groups in total. The molecule has 8 nitrogen and oxygen atoms in total. The van der Waals surface area contributed by atoms with Crippen LogP contribution in [0.4, 0.5) is 0 Å². The van der Waals surface area contributed by atoms with E-state index < -0.39 is 12.0 Å². The van der Waals surface area contributed by atoms with Crippen molar-refractivity contribution in [1.82, 2.24) is 19.9 Å². The van der Waals surface area contributed by atoms with Crippen molar-refractivity contribution in [2.24, 2.45) is 11.7 Å². The molecule has 2 heterocycles. The third-order valence-corrected chi connectivity index (χ3v) is 7.31. The molecule has 0 spiro atoms. The van der Waals surface area contributed by atoms with E-state index in [0.717, 1.165) is 27.7 Å². The smallest absolute Gasteiger partial charge is 0.220 e. The molecule has 2 unspecified atom stereocenters. The SMILES string of the molecule is NC(c1c[nH]c2ccccc12)C(CNC(=O)CCc1ccccc1Cl)C(=O)COc1ccc(-n2ccnc2)cc1. The zero-order valence-electron chi connectivity index (χ0n) is 21.8. The number of para-hydroxylation sites is 1. The van der Waals surface area contributed by atoms with Gasteiger partial charge in [0.2, 0.25) is 5.91 Å². The van der Waals surface area contributed by atoms with E-state index in [9.17, 15) is 9.59 Å². The van der Waals surface area contributed by atoms with Crippen molar-refractivity contribution in [3.8, 4) is 11.4 Å². The minimum Gasteiger partial charge on any atom is -0.486 e. The average Bonchev–Trinajstić information content (AvgIpc) is 3.67. The number of nitrogens with two attached hydrogens (primary N) is 1. The number of ether oxygens (including phenoxy) is 1. The molecule has 204 valence electrons. The van der Waals surface area contributed by atoms with Crippen LogP contribution in [0.2, 0.25) is 5.02 Å². The summed E-state index contributed by atoms with van der Waals surface area (Å²) in [5.41, 5.74) is 10.3. The molecule has 2 aromatic heterocycles. The number of nitrogens with one attached hydrogen (secondary N) is 2. The number of carbonyl (C=O) groups is 2. The second-order valence-electron chi connectivity index (χ2n) is 9.54. The van der Waals surface area contributed by atoms with E-state index in [1.165, 1.54) is 0 Å². The van der Waals surface area contributed by atoms with Crippen molar-refractivity contribution in [2.45, 2.75) is 18.9 Å². The molecule has 1 amide bonds. The molecule has 0 saturated carbocycles. The first-order valence-corrected chi connectivity index (χ1v) is 13.4. The highest BCUT2D eigenvalue weighted by molar-refractivity contribution is 6.31. The number of carbonyl (C=O) groups excluding carboxylic acids is 2. The van der Waals surface area contributed by atoms with Gasteiger partial charge in [0.1, 0.15) is 12.4 Å². The number of amides is 1. The fourth-order valence-corrected chi connectivity index (χ4v) is 4.91. The molecule has 0 aliphatic heterocycles. The van der Waals surface area contributed by atoms with Crippen LogP contribution in [0, 0.1) is 5.92 Å². The second kappa shape index (κ2) is 12.6. The topological polar surface area (TPSA) is 115 Å². The summed E-state index contributed by atoms with van der Waals surface area (Å²) in [6, 6.07) is 21.9. The zero-order valence-corrected chi connectivity index (χ0v) is 22.6. The lowest BCUT2D eigenvalue weighted by atomic mass is 9.90. The number of aromatic amines is 1. The maximum absolute atomic E-state index is 13.5. The highest BCUT2D eigenvalue weighted by Gasteiger charge is 2.29. The number of benzene rings is 3. The fourth-order valence-electron chi connectivity index (χ4n) is 4.68. The molecule has 5 aromatic rings. The number of Topliss-reactive ketones (excluding diaryl/α,β-unsaturated/α-hetero) is 1. The predicted octanol–water partition coefficient (Wildman–Crippen LogP) is 5.02. The number of halogens is 1. The van der Waals surface area contributed by atoms with Gasteiger partial charge in [0, 0.05) is 59.2 Å². The third-order valence-electron chi connectivity index (χ3n) is 6.95. The molecular weight excluding hydrogens is 526 g/mol. The van der Waals surface area contributed by atoms with Crippen LogP contribution in [0.15, 0.2) is 97.7 Å². The average molecular weight is 556 g/mol. The van der Waals surface area contributed by atoms with Gasteiger partial charge in [-0.15, -0.1) is 0 Å². The Bertz CT molecular complexity index is 1580. The first-order chi connectivity index (χ1) is 19.5. The van der Waals surface area contributed by atoms with Gasteiger partial charge in [-0.25, -0.2) is 4.98 Å². The normalized spacial score (nSPS) is 12.7. The number of H-pyrrole nitrogens is 1. The van der Waals surface area contributed by atoms with Crippen LogP contribution < -0.4 is 15.8 Å². The summed E-state index contributed by atoms with van der Waals surface area (Å²) in [6.45, 7) is -0.0928. The molecule has 0 radical (unpaired) electrons. The van der Waals surface area contributed by atoms with Crippen LogP contribution in [0.5, 0.6) is 5.75 Å². The summed E-state index contributed by atoms with van der Waals surface area (Å²) in [4.78, 5) is 33.5. The summed E-state index contributed by atoms with van der Waals surface area (Å²) in [7, 11) is 0. The zero-order chi connectivity index (χ0) is 27.9. The molecule has 0 aliphatic rings. The molecule has 5 rings (SSSR count). The van der Waals surface area contributed by atoms with Gasteiger partial charge < -0.3 is 25.3 Å². The van der Waals surface area contributed by atoms with Crippen LogP contribution in [0.3, 0.4) is 0 Å². The van der Waals surface area contributed by atoms with Crippen LogP contribution in [-0.4, -0.2) is 39.4 Å². The molecule has 9 heteroatoms. The Balaban J connectivity index is 1.26. The number of aromatic nitrogens is 3. The van der Waals surface area contributed by atoms with Gasteiger partial charge in [0.15, 0.2) is 5.78 Å². The Hall–Kier alpha value is -4.40. The summed E-state index contributed by atoms with van der Waals surface area (Å²) < 4.78 is 7.71. The molecule has 3 aromatic carbocycles. The molecular formula is C31H30ClN5O3. The Kier molecular flexibility index (Phi) is 8.59. The Morgan fingerprint density at radius 1 is 1.05 bits per heavy atom. The van der Waals surface area contributed by atoms with E-state index in [2.05, 4.69) is 15.3 Å². The van der Waals surface area contributed by atoms with Crippen molar-refractivity contribution in [3.05, 3.63) is 114 Å². The number of rotatable bonds is 12. The molecule has 2 atom stereocenters. The van der Waals surface area contributed by atoms with E-state index in [-0.39, 0.29) is 31.3 Å². The monoisotopic (exact) mass is 555 g/mol. The van der Waals surface area contributed by atoms with Gasteiger partial charge >= 0.3 is 0 Å². The lowest BCUT2D eigenvalue weighted by molar-refractivity contribution is -0.126. The van der Waals surface area contributed by atoms with Crippen LogP contribution in [-0.2, 0) is 16.0 Å². The van der Waals surface area contributed by atoms with Crippen molar-refractivity contribution < 1.29 is 14.3 Å². The van der Waals surface area contributed by atoms with Gasteiger partial charge in [0.05, 0.1) is 12.2 Å². The van der Waals surface area contributed by atoms with E-state index in [1.54, 1.807) is 30.7 Å². The van der Waals surface area contributed by atoms with E-state index in [1.807, 2.05) is 71.6 Å². The minimum absolute atomic E-state index is 0.0871. The highest BCUT2D eigenvalue weighted by Crippen LogP contribution is 2.28. The van der Waals surface area contributed by atoms with Crippen molar-refractivity contribution in [2.75, 3.05) is 13.2 Å². The lowest BCUT2D eigenvalue weighted by Gasteiger charge is -2.23. The summed E-state index contributed by atoms with van der Waals surface area (Å²) in [5, 5.41) is 4.47. The Morgan fingerprint density at radius 2 is 1.82 bits per heavy atom. The van der Waals surface area contributed by atoms with Crippen LogP contribution >= 0.6 is 11.6 Å². The van der Waals surface area contributed by atoms with Crippen LogP contribution in [0.1, 0.15) is 23.6 Å². The number of imidazole rings is 1. The fraction of sp³-hybridized carbons (Fsp3) is 0.194. The maximum Gasteiger partial charge on any atom is 0.220 e. The largest absolute Gasteiger partial charge is 0.486 e. The highest BCUT2D eigenvalue weighted by atomic mass is 35.5. The van der Waals surface area contributed by atoms with Gasteiger partial charge in [-0.1, -0.05) is 48.0 Å². The molecule has 0 aliphatic carbocycles. The van der Waals surface area contributed by atoms with Gasteiger partial charge in [0.25, 0.3) is 0 Å². The maximum atomic E-state index is 13.5. The van der Waals surface area contributed by atoms with Gasteiger partial charge in [-0.2, -0.15) is 0 Å². The number of aryl methyl sites for hydroxylation is 1. The number of nitrogens with zero attached hydrogens (tertiary/aromatic N) is 2. The van der Waals surface area contributed by atoms with Gasteiger partial charge in [-0.3, -0.25) is 9.59 Å². The third kappa shape index (κ3) is 6.42. The Labute approximate surface area is 237 Å². The lowest BCUT2D eigenvalue weighted by Crippen LogP contribution is -2.40. The van der Waals surface area contributed by atoms with Gasteiger partial charge in [-0.05, 0) is 53.9 Å². The quantitative estimate of drug-likeness (QED) is 0.200. The van der Waals surface area contributed by atoms with Crippen molar-refractivity contribution in [3.63, 3.8) is 0 Å². The molecule has 0 fully saturated rings. The molecule has 0 saturated heterocycles. The number of ketones is 1. The van der Waals surface area contributed by atoms with Crippen molar-refractivity contribution in [1.29, 1.82) is 0 Å². The van der Waals surface area contributed by atoms with Crippen LogP contribution in [0.25, 0.3) is 16.6 Å². The minimum atomic E-state index is -0.700. The van der Waals surface area contributed by atoms with E-state index in [0.29, 0.717) is 17.2 Å². The van der Waals surface area contributed by atoms with E-state index in [4.69, 9.17) is 22.1 Å². The summed E-state index contributed by atoms with van der Waals surface area (Å²) in [6.07, 6.45) is 7.82. The standard InChI is InChI=1S/C31H30ClN5O3/c32-27-7-3-1-5-21(27)9-14-30(39)36-18-26(31(33)25-17-35-28-8-4-2-6-24(25)28)29(38)19-40-23-12-10-22(11-13-23)37-16-15-34-20-37/h1-8,10-13,15-17,20,26,31,35H,9,14,18-19,33H2,(H,36,39). The second-order valence-corrected chi connectivity index (χ2v) is 9.94. The molecule has 40 heavy (non-hydrogen) atoms. The molecule has 0 bridgehead atoms. The van der Waals surface area contributed by atoms with E-state index >= 15 is 0 Å². The Morgan fingerprint density at radius 3 is 2.60 bits per heavy atom. The summed E-state index contributed by atoms with van der Waals surface area (Å²) in [5.74, 6) is -0.531. The predicted molar refractivity (Wildman–Crippen MR) is 156 cm³/mol.